The van der Waals surface area contributed by atoms with Gasteiger partial charge in [0.05, 0.1) is 24.0 Å². The van der Waals surface area contributed by atoms with Crippen LogP contribution in [0.15, 0.2) is 24.8 Å². The van der Waals surface area contributed by atoms with Gasteiger partial charge in [0, 0.05) is 19.0 Å². The number of rotatable bonds is 7. The fraction of sp³-hybridized carbons (Fsp3) is 0.458. The molecule has 0 aromatic carbocycles. The number of fused-ring (bicyclic) bond motifs is 1. The SMILES string of the molecule is CC(=O)N[C@H](c1nc2cnc(-c3ncn[nH]3)cc2n1[C@@H]1CCC[C@H](NC(=O)c2ncc(Cl)s2)C1)C(C)C. The lowest BCUT2D eigenvalue weighted by atomic mass is 9.90. The zero-order chi connectivity index (χ0) is 26.1. The number of thiazole rings is 1. The second kappa shape index (κ2) is 10.5. The van der Waals surface area contributed by atoms with Crippen molar-refractivity contribution in [3.63, 3.8) is 0 Å². The molecule has 5 rings (SSSR count). The second-order valence-electron chi connectivity index (χ2n) is 9.61. The first kappa shape index (κ1) is 25.3. The Morgan fingerprint density at radius 3 is 2.73 bits per heavy atom. The smallest absolute Gasteiger partial charge is 0.280 e. The molecule has 1 aliphatic rings. The molecule has 0 bridgehead atoms. The van der Waals surface area contributed by atoms with E-state index >= 15 is 0 Å². The van der Waals surface area contributed by atoms with Crippen molar-refractivity contribution in [3.8, 4) is 11.5 Å². The van der Waals surface area contributed by atoms with Crippen molar-refractivity contribution in [2.24, 2.45) is 5.92 Å². The molecule has 3 atom stereocenters. The van der Waals surface area contributed by atoms with E-state index in [1.54, 1.807) is 6.20 Å². The predicted molar refractivity (Wildman–Crippen MR) is 140 cm³/mol. The number of halogens is 1. The average Bonchev–Trinajstić information content (AvgIpc) is 3.61. The highest BCUT2D eigenvalue weighted by atomic mass is 35.5. The molecule has 1 saturated carbocycles. The quantitative estimate of drug-likeness (QED) is 0.320. The number of pyridine rings is 1. The van der Waals surface area contributed by atoms with E-state index in [0.29, 0.717) is 27.3 Å². The third-order valence-corrected chi connectivity index (χ3v) is 7.70. The van der Waals surface area contributed by atoms with Crippen LogP contribution in [0.4, 0.5) is 0 Å². The first-order valence-corrected chi connectivity index (χ1v) is 13.4. The second-order valence-corrected chi connectivity index (χ2v) is 11.3. The van der Waals surface area contributed by atoms with Crippen LogP contribution in [0.25, 0.3) is 22.6 Å². The van der Waals surface area contributed by atoms with Gasteiger partial charge in [-0.25, -0.2) is 15.0 Å². The fourth-order valence-corrected chi connectivity index (χ4v) is 5.78. The maximum atomic E-state index is 12.8. The summed E-state index contributed by atoms with van der Waals surface area (Å²) in [4.78, 5) is 42.7. The summed E-state index contributed by atoms with van der Waals surface area (Å²) in [5, 5.41) is 13.4. The van der Waals surface area contributed by atoms with Crippen LogP contribution < -0.4 is 10.6 Å². The summed E-state index contributed by atoms with van der Waals surface area (Å²) in [7, 11) is 0. The van der Waals surface area contributed by atoms with Gasteiger partial charge in [-0.3, -0.25) is 19.7 Å². The molecular weight excluding hydrogens is 514 g/mol. The summed E-state index contributed by atoms with van der Waals surface area (Å²) in [5.41, 5.74) is 2.29. The van der Waals surface area contributed by atoms with Crippen LogP contribution in [-0.4, -0.2) is 52.6 Å². The number of aromatic amines is 1. The number of hydrogen-bond acceptors (Lipinski definition) is 8. The Hall–Kier alpha value is -3.38. The summed E-state index contributed by atoms with van der Waals surface area (Å²) >= 11 is 7.14. The van der Waals surface area contributed by atoms with E-state index in [-0.39, 0.29) is 35.9 Å². The van der Waals surface area contributed by atoms with Gasteiger partial charge in [-0.15, -0.1) is 0 Å². The summed E-state index contributed by atoms with van der Waals surface area (Å²) in [6, 6.07) is 1.69. The van der Waals surface area contributed by atoms with Crippen LogP contribution in [0.5, 0.6) is 0 Å². The lowest BCUT2D eigenvalue weighted by molar-refractivity contribution is -0.120. The van der Waals surface area contributed by atoms with E-state index in [2.05, 4.69) is 54.2 Å². The lowest BCUT2D eigenvalue weighted by Gasteiger charge is -2.33. The maximum Gasteiger partial charge on any atom is 0.280 e. The average molecular weight is 542 g/mol. The van der Waals surface area contributed by atoms with E-state index in [9.17, 15) is 9.59 Å². The first-order chi connectivity index (χ1) is 17.8. The van der Waals surface area contributed by atoms with Crippen LogP contribution in [0.2, 0.25) is 4.34 Å². The molecule has 11 nitrogen and oxygen atoms in total. The molecule has 1 fully saturated rings. The Morgan fingerprint density at radius 1 is 1.22 bits per heavy atom. The van der Waals surface area contributed by atoms with Crippen molar-refractivity contribution in [1.29, 1.82) is 0 Å². The van der Waals surface area contributed by atoms with Crippen LogP contribution in [0.3, 0.4) is 0 Å². The Morgan fingerprint density at radius 2 is 2.05 bits per heavy atom. The van der Waals surface area contributed by atoms with Crippen LogP contribution in [-0.2, 0) is 4.79 Å². The molecule has 0 unspecified atom stereocenters. The lowest BCUT2D eigenvalue weighted by Crippen LogP contribution is -2.40. The van der Waals surface area contributed by atoms with E-state index in [1.807, 2.05) is 6.07 Å². The number of carbonyl (C=O) groups is 2. The Balaban J connectivity index is 1.53. The van der Waals surface area contributed by atoms with Crippen molar-refractivity contribution in [1.82, 2.24) is 45.3 Å². The van der Waals surface area contributed by atoms with Gasteiger partial charge in [-0.2, -0.15) is 5.10 Å². The van der Waals surface area contributed by atoms with Crippen molar-refractivity contribution < 1.29 is 9.59 Å². The molecule has 2 amide bonds. The predicted octanol–water partition coefficient (Wildman–Crippen LogP) is 4.07. The van der Waals surface area contributed by atoms with E-state index in [1.165, 1.54) is 30.8 Å². The number of aromatic nitrogens is 7. The van der Waals surface area contributed by atoms with E-state index in [0.717, 1.165) is 36.1 Å². The van der Waals surface area contributed by atoms with Crippen molar-refractivity contribution in [2.45, 2.75) is 64.6 Å². The molecule has 194 valence electrons. The van der Waals surface area contributed by atoms with Gasteiger partial charge in [-0.05, 0) is 37.7 Å². The van der Waals surface area contributed by atoms with Gasteiger partial charge in [0.25, 0.3) is 5.91 Å². The molecule has 4 aromatic heterocycles. The molecule has 4 heterocycles. The van der Waals surface area contributed by atoms with Gasteiger partial charge < -0.3 is 15.2 Å². The Kier molecular flexibility index (Phi) is 7.20. The monoisotopic (exact) mass is 541 g/mol. The third kappa shape index (κ3) is 5.35. The third-order valence-electron chi connectivity index (χ3n) is 6.58. The highest BCUT2D eigenvalue weighted by molar-refractivity contribution is 7.17. The zero-order valence-electron chi connectivity index (χ0n) is 20.7. The number of carbonyl (C=O) groups excluding carboxylic acids is 2. The molecule has 37 heavy (non-hydrogen) atoms. The van der Waals surface area contributed by atoms with Gasteiger partial charge in [0.15, 0.2) is 10.8 Å². The fourth-order valence-electron chi connectivity index (χ4n) is 4.96. The van der Waals surface area contributed by atoms with Crippen LogP contribution in [0, 0.1) is 5.92 Å². The minimum atomic E-state index is -0.286. The molecule has 3 N–H and O–H groups in total. The number of H-pyrrole nitrogens is 1. The van der Waals surface area contributed by atoms with Crippen molar-refractivity contribution in [3.05, 3.63) is 40.0 Å². The molecular formula is C24H28ClN9O2S. The molecule has 0 saturated heterocycles. The number of amides is 2. The number of hydrogen-bond donors (Lipinski definition) is 3. The maximum absolute atomic E-state index is 12.8. The number of nitrogens with zero attached hydrogens (tertiary/aromatic N) is 6. The first-order valence-electron chi connectivity index (χ1n) is 12.2. The summed E-state index contributed by atoms with van der Waals surface area (Å²) < 4.78 is 2.70. The van der Waals surface area contributed by atoms with E-state index in [4.69, 9.17) is 16.6 Å². The molecule has 4 aromatic rings. The highest BCUT2D eigenvalue weighted by Crippen LogP contribution is 2.36. The Labute approximate surface area is 222 Å². The molecule has 0 spiro atoms. The van der Waals surface area contributed by atoms with Gasteiger partial charge in [0.2, 0.25) is 5.91 Å². The molecule has 0 radical (unpaired) electrons. The largest absolute Gasteiger partial charge is 0.347 e. The van der Waals surface area contributed by atoms with Gasteiger partial charge in [-0.1, -0.05) is 36.8 Å². The summed E-state index contributed by atoms with van der Waals surface area (Å²) in [6.45, 7) is 5.64. The number of nitrogens with one attached hydrogen (secondary N) is 3. The molecule has 13 heteroatoms. The minimum Gasteiger partial charge on any atom is -0.347 e. The summed E-state index contributed by atoms with van der Waals surface area (Å²) in [5.74, 6) is 1.12. The van der Waals surface area contributed by atoms with Gasteiger partial charge in [0.1, 0.15) is 27.7 Å². The standard InChI is InChI=1S/C24H28ClN9O2S/c1-12(2)20(30-13(3)35)22-32-17-9-26-16(21-28-11-29-33-21)8-18(17)34(22)15-6-4-5-14(7-15)31-23(36)24-27-10-19(25)37-24/h8-12,14-15,20H,4-7H2,1-3H3,(H,30,35)(H,31,36)(H,28,29,33)/t14-,15+,20-/m0/s1. The van der Waals surface area contributed by atoms with Gasteiger partial charge >= 0.3 is 0 Å². The topological polar surface area (TPSA) is 143 Å². The van der Waals surface area contributed by atoms with E-state index < -0.39 is 0 Å². The van der Waals surface area contributed by atoms with Crippen LogP contribution in [0.1, 0.15) is 74.2 Å². The number of imidazole rings is 1. The molecule has 0 aliphatic heterocycles. The van der Waals surface area contributed by atoms with Crippen molar-refractivity contribution >= 4 is 45.8 Å². The summed E-state index contributed by atoms with van der Waals surface area (Å²) in [6.07, 6.45) is 8.09. The van der Waals surface area contributed by atoms with Crippen LogP contribution >= 0.6 is 22.9 Å². The zero-order valence-corrected chi connectivity index (χ0v) is 22.3. The Bertz CT molecular complexity index is 1410. The van der Waals surface area contributed by atoms with Crippen molar-refractivity contribution in [2.75, 3.05) is 0 Å². The highest BCUT2D eigenvalue weighted by Gasteiger charge is 2.32. The minimum absolute atomic E-state index is 0.0342. The molecule has 1 aliphatic carbocycles. The normalized spacial score (nSPS) is 18.7.